The Kier molecular flexibility index (Phi) is 5.11. The van der Waals surface area contributed by atoms with Crippen LogP contribution in [-0.4, -0.2) is 22.5 Å². The lowest BCUT2D eigenvalue weighted by molar-refractivity contribution is 0.0542. The smallest absolute Gasteiger partial charge is 0.176 e. The van der Waals surface area contributed by atoms with Crippen LogP contribution in [0.3, 0.4) is 0 Å². The summed E-state index contributed by atoms with van der Waals surface area (Å²) in [4.78, 5) is 1.83. The SMILES string of the molecule is CCC/C=C(\C)c1cccc(N2C(=S)NC3C=CC=CC3(C)C2O)c1. The monoisotopic (exact) mass is 354 g/mol. The molecule has 3 atom stereocenters. The van der Waals surface area contributed by atoms with Crippen molar-refractivity contribution >= 4 is 28.6 Å². The van der Waals surface area contributed by atoms with Crippen LogP contribution in [0.4, 0.5) is 5.69 Å². The Labute approximate surface area is 155 Å². The molecular formula is C21H26N2OS. The zero-order chi connectivity index (χ0) is 18.0. The van der Waals surface area contributed by atoms with Gasteiger partial charge in [0, 0.05) is 5.69 Å². The van der Waals surface area contributed by atoms with Crippen molar-refractivity contribution in [3.8, 4) is 0 Å². The molecule has 3 unspecified atom stereocenters. The van der Waals surface area contributed by atoms with Crippen LogP contribution in [0.5, 0.6) is 0 Å². The maximum absolute atomic E-state index is 11.1. The molecule has 0 spiro atoms. The van der Waals surface area contributed by atoms with Crippen molar-refractivity contribution in [1.29, 1.82) is 0 Å². The lowest BCUT2D eigenvalue weighted by atomic mass is 9.75. The number of unbranched alkanes of at least 4 members (excludes halogenated alkanes) is 1. The van der Waals surface area contributed by atoms with Crippen LogP contribution in [0.15, 0.2) is 54.6 Å². The van der Waals surface area contributed by atoms with Crippen molar-refractivity contribution in [2.75, 3.05) is 4.90 Å². The molecule has 2 N–H and O–H groups in total. The number of nitrogens with zero attached hydrogens (tertiary/aromatic N) is 1. The number of nitrogens with one attached hydrogen (secondary N) is 1. The first-order chi connectivity index (χ1) is 12.0. The Hall–Kier alpha value is -1.91. The Morgan fingerprint density at radius 1 is 1.40 bits per heavy atom. The van der Waals surface area contributed by atoms with Gasteiger partial charge in [-0.15, -0.1) is 0 Å². The van der Waals surface area contributed by atoms with Gasteiger partial charge in [-0.3, -0.25) is 4.90 Å². The second-order valence-electron chi connectivity index (χ2n) is 7.01. The van der Waals surface area contributed by atoms with Crippen LogP contribution < -0.4 is 10.2 Å². The number of benzene rings is 1. The van der Waals surface area contributed by atoms with Crippen molar-refractivity contribution in [2.45, 2.75) is 45.9 Å². The Morgan fingerprint density at radius 2 is 2.20 bits per heavy atom. The molecule has 1 saturated heterocycles. The van der Waals surface area contributed by atoms with Crippen molar-refractivity contribution < 1.29 is 5.11 Å². The second-order valence-corrected chi connectivity index (χ2v) is 7.39. The van der Waals surface area contributed by atoms with E-state index in [-0.39, 0.29) is 6.04 Å². The molecule has 3 rings (SSSR count). The summed E-state index contributed by atoms with van der Waals surface area (Å²) in [5.74, 6) is 0. The van der Waals surface area contributed by atoms with E-state index < -0.39 is 11.6 Å². The Morgan fingerprint density at radius 3 is 2.96 bits per heavy atom. The zero-order valence-corrected chi connectivity index (χ0v) is 15.9. The lowest BCUT2D eigenvalue weighted by Crippen LogP contribution is -2.66. The summed E-state index contributed by atoms with van der Waals surface area (Å²) < 4.78 is 0. The predicted octanol–water partition coefficient (Wildman–Crippen LogP) is 4.40. The Balaban J connectivity index is 1.94. The van der Waals surface area contributed by atoms with E-state index in [0.29, 0.717) is 5.11 Å². The van der Waals surface area contributed by atoms with Crippen LogP contribution in [0.25, 0.3) is 5.57 Å². The number of fused-ring (bicyclic) bond motifs is 1. The summed E-state index contributed by atoms with van der Waals surface area (Å²) in [6, 6.07) is 8.23. The van der Waals surface area contributed by atoms with Gasteiger partial charge in [0.15, 0.2) is 5.11 Å². The topological polar surface area (TPSA) is 35.5 Å². The van der Waals surface area contributed by atoms with E-state index in [0.717, 1.165) is 24.1 Å². The van der Waals surface area contributed by atoms with Gasteiger partial charge in [-0.25, -0.2) is 0 Å². The van der Waals surface area contributed by atoms with E-state index in [2.05, 4.69) is 56.4 Å². The minimum Gasteiger partial charge on any atom is -0.372 e. The number of hydrogen-bond donors (Lipinski definition) is 2. The quantitative estimate of drug-likeness (QED) is 0.786. The molecule has 0 amide bonds. The van der Waals surface area contributed by atoms with Gasteiger partial charge in [0.1, 0.15) is 6.23 Å². The number of thiocarbonyl (C=S) groups is 1. The molecule has 1 aromatic carbocycles. The highest BCUT2D eigenvalue weighted by atomic mass is 32.1. The third-order valence-electron chi connectivity index (χ3n) is 5.16. The number of anilines is 1. The van der Waals surface area contributed by atoms with Crippen LogP contribution in [0, 0.1) is 5.41 Å². The summed E-state index contributed by atoms with van der Waals surface area (Å²) in [6.07, 6.45) is 11.8. The number of hydrogen-bond acceptors (Lipinski definition) is 2. The molecule has 3 nitrogen and oxygen atoms in total. The number of aliphatic hydroxyl groups is 1. The second kappa shape index (κ2) is 7.14. The van der Waals surface area contributed by atoms with Crippen LogP contribution in [0.1, 0.15) is 39.2 Å². The summed E-state index contributed by atoms with van der Waals surface area (Å²) in [5, 5.41) is 15.0. The molecule has 0 radical (unpaired) electrons. The Bertz CT molecular complexity index is 752. The molecule has 132 valence electrons. The summed E-state index contributed by atoms with van der Waals surface area (Å²) in [7, 11) is 0. The van der Waals surface area contributed by atoms with Crippen molar-refractivity contribution in [2.24, 2.45) is 5.41 Å². The molecular weight excluding hydrogens is 328 g/mol. The number of aliphatic hydroxyl groups excluding tert-OH is 1. The minimum absolute atomic E-state index is 0.00520. The fourth-order valence-corrected chi connectivity index (χ4v) is 3.76. The predicted molar refractivity (Wildman–Crippen MR) is 109 cm³/mol. The molecule has 0 saturated carbocycles. The van der Waals surface area contributed by atoms with Crippen LogP contribution >= 0.6 is 12.2 Å². The van der Waals surface area contributed by atoms with E-state index in [1.165, 1.54) is 5.57 Å². The molecule has 4 heteroatoms. The average Bonchev–Trinajstić information content (AvgIpc) is 2.61. The molecule has 1 aliphatic carbocycles. The molecule has 1 fully saturated rings. The maximum Gasteiger partial charge on any atom is 0.176 e. The first-order valence-electron chi connectivity index (χ1n) is 8.88. The van der Waals surface area contributed by atoms with Crippen molar-refractivity contribution in [1.82, 2.24) is 5.32 Å². The molecule has 1 aromatic rings. The summed E-state index contributed by atoms with van der Waals surface area (Å²) >= 11 is 5.57. The van der Waals surface area contributed by atoms with Gasteiger partial charge in [-0.05, 0) is 55.8 Å². The molecule has 0 aromatic heterocycles. The lowest BCUT2D eigenvalue weighted by Gasteiger charge is -2.50. The third kappa shape index (κ3) is 3.29. The highest BCUT2D eigenvalue weighted by Gasteiger charge is 2.47. The largest absolute Gasteiger partial charge is 0.372 e. The molecule has 2 aliphatic rings. The van der Waals surface area contributed by atoms with Gasteiger partial charge < -0.3 is 10.4 Å². The first kappa shape index (κ1) is 17.9. The van der Waals surface area contributed by atoms with Gasteiger partial charge in [-0.2, -0.15) is 0 Å². The van der Waals surface area contributed by atoms with Crippen molar-refractivity contribution in [3.05, 3.63) is 60.2 Å². The third-order valence-corrected chi connectivity index (χ3v) is 5.47. The zero-order valence-electron chi connectivity index (χ0n) is 15.1. The summed E-state index contributed by atoms with van der Waals surface area (Å²) in [6.45, 7) is 6.36. The van der Waals surface area contributed by atoms with Crippen molar-refractivity contribution in [3.63, 3.8) is 0 Å². The molecule has 0 bridgehead atoms. The van der Waals surface area contributed by atoms with Gasteiger partial charge in [0.2, 0.25) is 0 Å². The molecule has 1 heterocycles. The highest BCUT2D eigenvalue weighted by molar-refractivity contribution is 7.80. The number of rotatable bonds is 4. The number of allylic oxidation sites excluding steroid dienone is 4. The van der Waals surface area contributed by atoms with E-state index >= 15 is 0 Å². The minimum atomic E-state index is -0.720. The normalized spacial score (nSPS) is 28.7. The molecule has 1 aliphatic heterocycles. The fraction of sp³-hybridized carbons (Fsp3) is 0.381. The van der Waals surface area contributed by atoms with Gasteiger partial charge in [0.05, 0.1) is 11.5 Å². The fourth-order valence-electron chi connectivity index (χ4n) is 3.43. The average molecular weight is 355 g/mol. The van der Waals surface area contributed by atoms with Gasteiger partial charge in [0.25, 0.3) is 0 Å². The highest BCUT2D eigenvalue weighted by Crippen LogP contribution is 2.39. The van der Waals surface area contributed by atoms with Gasteiger partial charge >= 0.3 is 0 Å². The van der Waals surface area contributed by atoms with E-state index in [9.17, 15) is 5.11 Å². The maximum atomic E-state index is 11.1. The van der Waals surface area contributed by atoms with E-state index in [1.807, 2.05) is 29.2 Å². The molecule has 25 heavy (non-hydrogen) atoms. The summed E-state index contributed by atoms with van der Waals surface area (Å²) in [5.41, 5.74) is 2.89. The van der Waals surface area contributed by atoms with Crippen LogP contribution in [-0.2, 0) is 0 Å². The van der Waals surface area contributed by atoms with Crippen LogP contribution in [0.2, 0.25) is 0 Å². The van der Waals surface area contributed by atoms with E-state index in [1.54, 1.807) is 0 Å². The van der Waals surface area contributed by atoms with Gasteiger partial charge in [-0.1, -0.05) is 55.9 Å². The first-order valence-corrected chi connectivity index (χ1v) is 9.29. The standard InChI is InChI=1S/C21H26N2OS/c1-4-5-9-15(2)16-10-8-11-17(14-16)23-19(24)21(3)13-7-6-12-18(21)22-20(23)25/h6-14,18-19,24H,4-5H2,1-3H3,(H,22,25)/b15-9+. The van der Waals surface area contributed by atoms with E-state index in [4.69, 9.17) is 12.2 Å².